The van der Waals surface area contributed by atoms with E-state index in [9.17, 15) is 38.7 Å². The molecule has 0 saturated carbocycles. The maximum Gasteiger partial charge on any atom is 0.326 e. The Morgan fingerprint density at radius 2 is 1.20 bits per heavy atom. The van der Waals surface area contributed by atoms with E-state index < -0.39 is 96.5 Å². The standard InChI is InChI=1S/C29H54N8O8S/c1-15(2)11-19(29(44)45)35-27(42)23(16(3)4)37-28(43)24(17(5)6)36-26(41)20(14-46)34-22(39)13-32-21(38)12-33-25(40)18(31)9-7-8-10-30/h15-20,23-24,46H,7-14,30-31H2,1-6H3,(H,32,38)(H,33,40)(H,34,39)(H,35,42)(H,36,41)(H,37,43)(H,44,45). The molecule has 5 atom stereocenters. The molecule has 264 valence electrons. The molecule has 0 fully saturated rings. The summed E-state index contributed by atoms with van der Waals surface area (Å²) in [7, 11) is 0. The van der Waals surface area contributed by atoms with Crippen LogP contribution < -0.4 is 43.4 Å². The van der Waals surface area contributed by atoms with Crippen molar-refractivity contribution in [1.29, 1.82) is 0 Å². The van der Waals surface area contributed by atoms with Gasteiger partial charge in [-0.25, -0.2) is 4.79 Å². The van der Waals surface area contributed by atoms with Crippen molar-refractivity contribution in [1.82, 2.24) is 31.9 Å². The Morgan fingerprint density at radius 3 is 1.67 bits per heavy atom. The molecule has 0 saturated heterocycles. The summed E-state index contributed by atoms with van der Waals surface area (Å²) in [5, 5.41) is 24.3. The van der Waals surface area contributed by atoms with Crippen molar-refractivity contribution in [2.24, 2.45) is 29.2 Å². The molecule has 0 aromatic carbocycles. The predicted octanol–water partition coefficient (Wildman–Crippen LogP) is -2.01. The van der Waals surface area contributed by atoms with Gasteiger partial charge in [0.15, 0.2) is 0 Å². The molecule has 0 aliphatic carbocycles. The zero-order chi connectivity index (χ0) is 35.6. The number of carboxylic acids is 1. The summed E-state index contributed by atoms with van der Waals surface area (Å²) in [4.78, 5) is 87.4. The number of nitrogens with one attached hydrogen (secondary N) is 6. The average Bonchev–Trinajstić information content (AvgIpc) is 2.97. The topological polar surface area (TPSA) is 264 Å². The molecule has 16 nitrogen and oxygen atoms in total. The average molecular weight is 675 g/mol. The van der Waals surface area contributed by atoms with E-state index in [0.29, 0.717) is 19.4 Å². The maximum atomic E-state index is 13.2. The quantitative estimate of drug-likeness (QED) is 0.0445. The molecule has 0 aromatic rings. The number of carboxylic acid groups (broad SMARTS) is 1. The third-order valence-corrected chi connectivity index (χ3v) is 7.19. The molecule has 6 amide bonds. The maximum absolute atomic E-state index is 13.2. The number of rotatable bonds is 22. The summed E-state index contributed by atoms with van der Waals surface area (Å²) in [6.45, 7) is 9.95. The Hall–Kier alpha value is -3.44. The molecule has 46 heavy (non-hydrogen) atoms. The lowest BCUT2D eigenvalue weighted by Gasteiger charge is -2.29. The van der Waals surface area contributed by atoms with Crippen LogP contribution in [-0.4, -0.2) is 102 Å². The van der Waals surface area contributed by atoms with E-state index in [2.05, 4.69) is 44.5 Å². The van der Waals surface area contributed by atoms with Crippen molar-refractivity contribution < 1.29 is 38.7 Å². The summed E-state index contributed by atoms with van der Waals surface area (Å²) in [5.41, 5.74) is 11.2. The minimum Gasteiger partial charge on any atom is -0.480 e. The Labute approximate surface area is 276 Å². The second-order valence-electron chi connectivity index (χ2n) is 12.2. The number of hydrogen-bond donors (Lipinski definition) is 10. The number of nitrogens with two attached hydrogens (primary N) is 2. The SMILES string of the molecule is CC(C)CC(NC(=O)C(NC(=O)C(NC(=O)C(CS)NC(=O)CNC(=O)CNC(=O)C(N)CCCCN)C(C)C)C(C)C)C(=O)O. The first-order chi connectivity index (χ1) is 21.4. The molecule has 0 spiro atoms. The highest BCUT2D eigenvalue weighted by Gasteiger charge is 2.33. The van der Waals surface area contributed by atoms with Gasteiger partial charge in [-0.3, -0.25) is 28.8 Å². The lowest BCUT2D eigenvalue weighted by Crippen LogP contribution is -2.60. The second-order valence-corrected chi connectivity index (χ2v) is 12.5. The van der Waals surface area contributed by atoms with Crippen LogP contribution in [0.15, 0.2) is 0 Å². The second kappa shape index (κ2) is 22.1. The zero-order valence-electron chi connectivity index (χ0n) is 27.7. The Bertz CT molecular complexity index is 1040. The predicted molar refractivity (Wildman–Crippen MR) is 175 cm³/mol. The number of unbranched alkanes of at least 4 members (excludes halogenated alkanes) is 1. The number of aliphatic carboxylic acids is 1. The molecule has 5 unspecified atom stereocenters. The van der Waals surface area contributed by atoms with Gasteiger partial charge in [0, 0.05) is 5.75 Å². The molecule has 0 aromatic heterocycles. The normalized spacial score (nSPS) is 14.4. The molecule has 0 aliphatic rings. The first-order valence-electron chi connectivity index (χ1n) is 15.5. The van der Waals surface area contributed by atoms with Gasteiger partial charge < -0.3 is 48.5 Å². The van der Waals surface area contributed by atoms with Gasteiger partial charge in [-0.1, -0.05) is 48.0 Å². The van der Waals surface area contributed by atoms with Crippen LogP contribution in [-0.2, 0) is 33.6 Å². The Morgan fingerprint density at radius 1 is 0.674 bits per heavy atom. The number of carbonyl (C=O) groups is 7. The van der Waals surface area contributed by atoms with Gasteiger partial charge in [0.05, 0.1) is 19.1 Å². The van der Waals surface area contributed by atoms with Gasteiger partial charge in [0.2, 0.25) is 35.4 Å². The van der Waals surface area contributed by atoms with Crippen LogP contribution in [0.2, 0.25) is 0 Å². The number of amides is 6. The number of hydrogen-bond acceptors (Lipinski definition) is 10. The highest BCUT2D eigenvalue weighted by Crippen LogP contribution is 2.10. The van der Waals surface area contributed by atoms with E-state index in [0.717, 1.165) is 6.42 Å². The Kier molecular flexibility index (Phi) is 20.5. The number of carbonyl (C=O) groups excluding carboxylic acids is 6. The fourth-order valence-corrected chi connectivity index (χ4v) is 4.40. The van der Waals surface area contributed by atoms with Crippen LogP contribution in [0.25, 0.3) is 0 Å². The van der Waals surface area contributed by atoms with Gasteiger partial charge in [-0.2, -0.15) is 12.6 Å². The molecule has 0 aliphatic heterocycles. The molecule has 0 bridgehead atoms. The lowest BCUT2D eigenvalue weighted by molar-refractivity contribution is -0.143. The van der Waals surface area contributed by atoms with Gasteiger partial charge in [0.1, 0.15) is 24.2 Å². The van der Waals surface area contributed by atoms with E-state index in [1.54, 1.807) is 27.7 Å². The van der Waals surface area contributed by atoms with Crippen LogP contribution in [0.4, 0.5) is 0 Å². The van der Waals surface area contributed by atoms with Gasteiger partial charge in [-0.15, -0.1) is 0 Å². The van der Waals surface area contributed by atoms with E-state index in [4.69, 9.17) is 11.5 Å². The van der Waals surface area contributed by atoms with Gasteiger partial charge in [0.25, 0.3) is 0 Å². The molecule has 0 rings (SSSR count). The molecule has 11 N–H and O–H groups in total. The summed E-state index contributed by atoms with van der Waals surface area (Å²) in [6.07, 6.45) is 2.01. The van der Waals surface area contributed by atoms with E-state index in [1.807, 2.05) is 13.8 Å². The van der Waals surface area contributed by atoms with E-state index >= 15 is 0 Å². The highest BCUT2D eigenvalue weighted by atomic mass is 32.1. The van der Waals surface area contributed by atoms with E-state index in [1.165, 1.54) is 0 Å². The van der Waals surface area contributed by atoms with Crippen LogP contribution in [0.5, 0.6) is 0 Å². The summed E-state index contributed by atoms with van der Waals surface area (Å²) >= 11 is 4.12. The third kappa shape index (κ3) is 16.7. The monoisotopic (exact) mass is 674 g/mol. The highest BCUT2D eigenvalue weighted by molar-refractivity contribution is 7.80. The van der Waals surface area contributed by atoms with Crippen molar-refractivity contribution in [3.05, 3.63) is 0 Å². The molecule has 17 heteroatoms. The minimum atomic E-state index is -1.19. The molecule has 0 radical (unpaired) electrons. The first kappa shape index (κ1) is 42.6. The van der Waals surface area contributed by atoms with E-state index in [-0.39, 0.29) is 18.1 Å². The van der Waals surface area contributed by atoms with Gasteiger partial charge >= 0.3 is 5.97 Å². The lowest BCUT2D eigenvalue weighted by atomic mass is 9.98. The fourth-order valence-electron chi connectivity index (χ4n) is 4.14. The van der Waals surface area contributed by atoms with Crippen molar-refractivity contribution >= 4 is 54.0 Å². The molecule has 0 heterocycles. The van der Waals surface area contributed by atoms with Crippen LogP contribution in [0.3, 0.4) is 0 Å². The van der Waals surface area contributed by atoms with Crippen molar-refractivity contribution in [2.45, 2.75) is 97.4 Å². The summed E-state index contributed by atoms with van der Waals surface area (Å²) in [5.74, 6) is -6.13. The number of thiol groups is 1. The molecular formula is C29H54N8O8S. The molecular weight excluding hydrogens is 620 g/mol. The Balaban J connectivity index is 5.16. The van der Waals surface area contributed by atoms with Crippen molar-refractivity contribution in [2.75, 3.05) is 25.4 Å². The fraction of sp³-hybridized carbons (Fsp3) is 0.759. The summed E-state index contributed by atoms with van der Waals surface area (Å²) < 4.78 is 0. The largest absolute Gasteiger partial charge is 0.480 e. The van der Waals surface area contributed by atoms with Crippen LogP contribution in [0.1, 0.15) is 67.2 Å². The smallest absolute Gasteiger partial charge is 0.326 e. The van der Waals surface area contributed by atoms with Crippen molar-refractivity contribution in [3.8, 4) is 0 Å². The van der Waals surface area contributed by atoms with Crippen LogP contribution >= 0.6 is 12.6 Å². The third-order valence-electron chi connectivity index (χ3n) is 6.83. The van der Waals surface area contributed by atoms with Crippen LogP contribution in [0, 0.1) is 17.8 Å². The zero-order valence-corrected chi connectivity index (χ0v) is 28.6. The van der Waals surface area contributed by atoms with Crippen molar-refractivity contribution in [3.63, 3.8) is 0 Å². The summed E-state index contributed by atoms with van der Waals surface area (Å²) in [6, 6.07) is -5.30. The minimum absolute atomic E-state index is 0.000546. The first-order valence-corrected chi connectivity index (χ1v) is 16.1. The van der Waals surface area contributed by atoms with Gasteiger partial charge in [-0.05, 0) is 43.6 Å².